The van der Waals surface area contributed by atoms with Gasteiger partial charge >= 0.3 is 0 Å². The number of benzene rings is 7. The number of para-hydroxylation sites is 4. The monoisotopic (exact) mass is 578 g/mol. The molecule has 0 saturated heterocycles. The Morgan fingerprint density at radius 1 is 0.378 bits per heavy atom. The highest BCUT2D eigenvalue weighted by Crippen LogP contribution is 2.42. The van der Waals surface area contributed by atoms with Gasteiger partial charge in [0.05, 0.1) is 16.7 Å². The average molecular weight is 579 g/mol. The minimum absolute atomic E-state index is 0.892. The minimum atomic E-state index is 0.892. The topological polar surface area (TPSA) is 32.3 Å². The maximum atomic E-state index is 5.10. The molecule has 0 amide bonds. The summed E-state index contributed by atoms with van der Waals surface area (Å²) < 4.78 is 0. The Labute approximate surface area is 262 Å². The zero-order valence-electron chi connectivity index (χ0n) is 24.9. The average Bonchev–Trinajstić information content (AvgIpc) is 3.10. The van der Waals surface area contributed by atoms with Gasteiger partial charge in [0.1, 0.15) is 0 Å². The van der Waals surface area contributed by atoms with Crippen molar-refractivity contribution < 1.29 is 0 Å². The summed E-state index contributed by atoms with van der Waals surface area (Å²) in [7, 11) is 0. The van der Waals surface area contributed by atoms with Crippen LogP contribution < -0.4 is 9.80 Å². The molecule has 214 valence electrons. The van der Waals surface area contributed by atoms with Crippen LogP contribution >= 0.6 is 0 Å². The molecule has 1 heterocycles. The van der Waals surface area contributed by atoms with Crippen molar-refractivity contribution >= 4 is 66.7 Å². The van der Waals surface area contributed by atoms with E-state index in [0.717, 1.165) is 72.4 Å². The number of fused-ring (bicyclic) bond motifs is 6. The van der Waals surface area contributed by atoms with E-state index >= 15 is 0 Å². The van der Waals surface area contributed by atoms with Crippen LogP contribution in [0.15, 0.2) is 164 Å². The summed E-state index contributed by atoms with van der Waals surface area (Å²) in [5, 5.41) is 4.46. The fourth-order valence-electron chi connectivity index (χ4n) is 6.27. The fourth-order valence-corrected chi connectivity index (χ4v) is 6.27. The highest BCUT2D eigenvalue weighted by atomic mass is 15.1. The molecular weight excluding hydrogens is 548 g/mol. The fraction of sp³-hybridized carbons (Fsp3) is 0.0244. The largest absolute Gasteiger partial charge is 0.310 e. The number of anilines is 6. The third kappa shape index (κ3) is 4.83. The van der Waals surface area contributed by atoms with E-state index in [-0.39, 0.29) is 0 Å². The van der Waals surface area contributed by atoms with E-state index in [1.54, 1.807) is 0 Å². The molecule has 0 N–H and O–H groups in total. The minimum Gasteiger partial charge on any atom is -0.310 e. The number of rotatable bonds is 6. The predicted octanol–water partition coefficient (Wildman–Crippen LogP) is 11.2. The van der Waals surface area contributed by atoms with Gasteiger partial charge in [-0.05, 0) is 90.5 Å². The number of hydrogen-bond donors (Lipinski definition) is 0. The summed E-state index contributed by atoms with van der Waals surface area (Å²) in [5.41, 5.74) is 9.23. The molecule has 0 unspecified atom stereocenters. The van der Waals surface area contributed by atoms with Gasteiger partial charge in [-0.2, -0.15) is 0 Å². The predicted molar refractivity (Wildman–Crippen MR) is 189 cm³/mol. The standard InChI is InChI=1S/C41H30N4/c1-29-28-42-40-38-26-34(44(30-14-6-2-7-15-30)31-16-8-3-9-17-31)22-24-36(38)37-25-23-35(27-39(37)41(40)43-29)45(32-18-10-4-11-19-32)33-20-12-5-13-21-33/h2-28H,1H3. The molecule has 0 atom stereocenters. The van der Waals surface area contributed by atoms with Crippen LogP contribution in [0.2, 0.25) is 0 Å². The summed E-state index contributed by atoms with van der Waals surface area (Å²) in [6.45, 7) is 2.01. The SMILES string of the molecule is Cc1cnc2c3cc(N(c4ccccc4)c4ccccc4)ccc3c3ccc(N(c4ccccc4)c4ccccc4)cc3c2n1. The quantitative estimate of drug-likeness (QED) is 0.184. The van der Waals surface area contributed by atoms with Gasteiger partial charge in [-0.25, -0.2) is 4.98 Å². The summed E-state index contributed by atoms with van der Waals surface area (Å²) in [6.07, 6.45) is 1.87. The van der Waals surface area contributed by atoms with Crippen molar-refractivity contribution in [2.75, 3.05) is 9.80 Å². The van der Waals surface area contributed by atoms with Crippen LogP contribution in [0.3, 0.4) is 0 Å². The molecule has 4 nitrogen and oxygen atoms in total. The van der Waals surface area contributed by atoms with Crippen molar-refractivity contribution in [2.45, 2.75) is 6.92 Å². The second kappa shape index (κ2) is 11.3. The van der Waals surface area contributed by atoms with Crippen molar-refractivity contribution in [1.82, 2.24) is 9.97 Å². The molecular formula is C41H30N4. The van der Waals surface area contributed by atoms with Crippen molar-refractivity contribution in [2.24, 2.45) is 0 Å². The van der Waals surface area contributed by atoms with E-state index in [1.165, 1.54) is 0 Å². The first-order valence-corrected chi connectivity index (χ1v) is 15.2. The highest BCUT2D eigenvalue weighted by molar-refractivity contribution is 6.24. The second-order valence-corrected chi connectivity index (χ2v) is 11.2. The van der Waals surface area contributed by atoms with Crippen LogP contribution in [-0.4, -0.2) is 9.97 Å². The lowest BCUT2D eigenvalue weighted by Gasteiger charge is -2.27. The normalized spacial score (nSPS) is 11.2. The molecule has 1 aromatic heterocycles. The molecule has 8 aromatic rings. The van der Waals surface area contributed by atoms with Gasteiger partial charge in [-0.1, -0.05) is 84.9 Å². The summed E-state index contributed by atoms with van der Waals surface area (Å²) in [4.78, 5) is 14.7. The number of hydrogen-bond acceptors (Lipinski definition) is 4. The van der Waals surface area contributed by atoms with Crippen molar-refractivity contribution in [1.29, 1.82) is 0 Å². The molecule has 45 heavy (non-hydrogen) atoms. The lowest BCUT2D eigenvalue weighted by Crippen LogP contribution is -2.10. The van der Waals surface area contributed by atoms with E-state index in [9.17, 15) is 0 Å². The van der Waals surface area contributed by atoms with Crippen LogP contribution in [0.5, 0.6) is 0 Å². The first-order chi connectivity index (χ1) is 22.2. The zero-order valence-corrected chi connectivity index (χ0v) is 24.9. The molecule has 0 bridgehead atoms. The van der Waals surface area contributed by atoms with Gasteiger partial charge in [0, 0.05) is 51.1 Å². The van der Waals surface area contributed by atoms with Crippen molar-refractivity contribution in [3.05, 3.63) is 170 Å². The van der Waals surface area contributed by atoms with Crippen LogP contribution in [-0.2, 0) is 0 Å². The van der Waals surface area contributed by atoms with E-state index in [2.05, 4.69) is 168 Å². The van der Waals surface area contributed by atoms with Gasteiger partial charge in [0.2, 0.25) is 0 Å². The Balaban J connectivity index is 1.37. The maximum Gasteiger partial charge on any atom is 0.0975 e. The van der Waals surface area contributed by atoms with Gasteiger partial charge in [-0.3, -0.25) is 4.98 Å². The molecule has 7 aromatic carbocycles. The molecule has 8 rings (SSSR count). The Morgan fingerprint density at radius 2 is 0.756 bits per heavy atom. The van der Waals surface area contributed by atoms with Crippen LogP contribution in [0.4, 0.5) is 34.1 Å². The summed E-state index contributed by atoms with van der Waals surface area (Å²) in [5.74, 6) is 0. The molecule has 0 aliphatic rings. The number of nitrogens with zero attached hydrogens (tertiary/aromatic N) is 4. The van der Waals surface area contributed by atoms with E-state index < -0.39 is 0 Å². The second-order valence-electron chi connectivity index (χ2n) is 11.2. The third-order valence-electron chi connectivity index (χ3n) is 8.27. The number of aryl methyl sites for hydroxylation is 1. The van der Waals surface area contributed by atoms with E-state index in [0.29, 0.717) is 0 Å². The first-order valence-electron chi connectivity index (χ1n) is 15.2. The zero-order chi connectivity index (χ0) is 30.2. The van der Waals surface area contributed by atoms with Crippen LogP contribution in [0, 0.1) is 6.92 Å². The molecule has 0 fully saturated rings. The molecule has 0 saturated carbocycles. The maximum absolute atomic E-state index is 5.10. The Hall–Kier alpha value is -6.00. The van der Waals surface area contributed by atoms with E-state index in [1.807, 2.05) is 13.1 Å². The summed E-state index contributed by atoms with van der Waals surface area (Å²) in [6, 6.07) is 55.4. The van der Waals surface area contributed by atoms with E-state index in [4.69, 9.17) is 9.97 Å². The molecule has 0 aliphatic carbocycles. The smallest absolute Gasteiger partial charge is 0.0975 e. The van der Waals surface area contributed by atoms with Gasteiger partial charge in [0.25, 0.3) is 0 Å². The lowest BCUT2D eigenvalue weighted by molar-refractivity contribution is 1.19. The molecule has 0 spiro atoms. The summed E-state index contributed by atoms with van der Waals surface area (Å²) >= 11 is 0. The van der Waals surface area contributed by atoms with Crippen LogP contribution in [0.25, 0.3) is 32.6 Å². The highest BCUT2D eigenvalue weighted by Gasteiger charge is 2.18. The first kappa shape index (κ1) is 26.6. The number of aromatic nitrogens is 2. The van der Waals surface area contributed by atoms with Gasteiger partial charge in [0.15, 0.2) is 0 Å². The van der Waals surface area contributed by atoms with Crippen LogP contribution in [0.1, 0.15) is 5.69 Å². The Bertz CT molecular complexity index is 2190. The van der Waals surface area contributed by atoms with Gasteiger partial charge < -0.3 is 9.80 Å². The Morgan fingerprint density at radius 3 is 1.16 bits per heavy atom. The Kier molecular flexibility index (Phi) is 6.65. The van der Waals surface area contributed by atoms with Crippen molar-refractivity contribution in [3.8, 4) is 0 Å². The third-order valence-corrected chi connectivity index (χ3v) is 8.27. The van der Waals surface area contributed by atoms with Gasteiger partial charge in [-0.15, -0.1) is 0 Å². The molecule has 4 heteroatoms. The van der Waals surface area contributed by atoms with Crippen molar-refractivity contribution in [3.63, 3.8) is 0 Å². The molecule has 0 aliphatic heterocycles. The lowest BCUT2D eigenvalue weighted by atomic mass is 9.97. The molecule has 0 radical (unpaired) electrons.